The summed E-state index contributed by atoms with van der Waals surface area (Å²) in [7, 11) is -3.90. The van der Waals surface area contributed by atoms with E-state index in [9.17, 15) is 18.0 Å². The van der Waals surface area contributed by atoms with E-state index in [0.717, 1.165) is 4.31 Å². The lowest BCUT2D eigenvalue weighted by Gasteiger charge is -2.19. The number of anilines is 1. The molecule has 8 heteroatoms. The quantitative estimate of drug-likeness (QED) is 0.838. The summed E-state index contributed by atoms with van der Waals surface area (Å²) in [5.74, 6) is -1.83. The SMILES string of the molecule is CCN(CC(=O)O)S(=O)(=O)c1ccc2c(c1)C(C)C(=O)N2. The molecule has 2 rings (SSSR count). The van der Waals surface area contributed by atoms with Crippen molar-refractivity contribution >= 4 is 27.6 Å². The number of nitrogens with one attached hydrogen (secondary N) is 1. The predicted molar refractivity (Wildman–Crippen MR) is 75.6 cm³/mol. The number of carboxylic acid groups (broad SMARTS) is 1. The van der Waals surface area contributed by atoms with E-state index in [-0.39, 0.29) is 17.3 Å². The van der Waals surface area contributed by atoms with Crippen LogP contribution < -0.4 is 5.32 Å². The lowest BCUT2D eigenvalue weighted by atomic mass is 10.0. The number of amides is 1. The maximum atomic E-state index is 12.4. The van der Waals surface area contributed by atoms with Crippen LogP contribution in [0.1, 0.15) is 25.3 Å². The molecule has 1 amide bonds. The van der Waals surface area contributed by atoms with E-state index >= 15 is 0 Å². The van der Waals surface area contributed by atoms with Crippen LogP contribution in [0.4, 0.5) is 5.69 Å². The highest BCUT2D eigenvalue weighted by atomic mass is 32.2. The van der Waals surface area contributed by atoms with Crippen LogP contribution in [0, 0.1) is 0 Å². The number of carboxylic acids is 1. The van der Waals surface area contributed by atoms with E-state index < -0.39 is 28.5 Å². The molecule has 1 aliphatic heterocycles. The molecule has 1 aliphatic rings. The molecule has 1 aromatic rings. The van der Waals surface area contributed by atoms with E-state index in [4.69, 9.17) is 5.11 Å². The van der Waals surface area contributed by atoms with Crippen LogP contribution in [0.5, 0.6) is 0 Å². The largest absolute Gasteiger partial charge is 0.480 e. The first kappa shape index (κ1) is 15.5. The van der Waals surface area contributed by atoms with Gasteiger partial charge in [-0.15, -0.1) is 0 Å². The number of hydrogen-bond donors (Lipinski definition) is 2. The topological polar surface area (TPSA) is 104 Å². The smallest absolute Gasteiger partial charge is 0.318 e. The van der Waals surface area contributed by atoms with Gasteiger partial charge < -0.3 is 10.4 Å². The molecule has 7 nitrogen and oxygen atoms in total. The van der Waals surface area contributed by atoms with Crippen molar-refractivity contribution in [2.45, 2.75) is 24.7 Å². The average molecular weight is 312 g/mol. The van der Waals surface area contributed by atoms with Crippen LogP contribution in [0.15, 0.2) is 23.1 Å². The molecule has 1 heterocycles. The highest BCUT2D eigenvalue weighted by molar-refractivity contribution is 7.89. The van der Waals surface area contributed by atoms with Crippen LogP contribution in [0.25, 0.3) is 0 Å². The number of aliphatic carboxylic acids is 1. The fourth-order valence-corrected chi connectivity index (χ4v) is 3.66. The molecule has 1 unspecified atom stereocenters. The van der Waals surface area contributed by atoms with Crippen molar-refractivity contribution in [3.8, 4) is 0 Å². The summed E-state index contributed by atoms with van der Waals surface area (Å²) in [5.41, 5.74) is 1.19. The van der Waals surface area contributed by atoms with E-state index in [2.05, 4.69) is 5.32 Å². The molecule has 0 bridgehead atoms. The van der Waals surface area contributed by atoms with Gasteiger partial charge in [0.1, 0.15) is 6.54 Å². The normalized spacial score (nSPS) is 17.7. The molecule has 21 heavy (non-hydrogen) atoms. The Hall–Kier alpha value is -1.93. The fourth-order valence-electron chi connectivity index (χ4n) is 2.22. The van der Waals surface area contributed by atoms with Gasteiger partial charge in [0.25, 0.3) is 0 Å². The second-order valence-corrected chi connectivity index (χ2v) is 6.72. The molecule has 0 saturated heterocycles. The summed E-state index contributed by atoms with van der Waals surface area (Å²) in [6.07, 6.45) is 0. The molecule has 0 fully saturated rings. The van der Waals surface area contributed by atoms with Crippen LogP contribution in [-0.4, -0.2) is 42.8 Å². The Morgan fingerprint density at radius 1 is 1.43 bits per heavy atom. The van der Waals surface area contributed by atoms with Crippen molar-refractivity contribution in [3.63, 3.8) is 0 Å². The van der Waals surface area contributed by atoms with Crippen molar-refractivity contribution in [2.75, 3.05) is 18.4 Å². The van der Waals surface area contributed by atoms with Crippen LogP contribution in [-0.2, 0) is 19.6 Å². The molecule has 0 aromatic heterocycles. The summed E-state index contributed by atoms with van der Waals surface area (Å²) in [6, 6.07) is 4.33. The van der Waals surface area contributed by atoms with Gasteiger partial charge in [-0.05, 0) is 30.7 Å². The van der Waals surface area contributed by atoms with E-state index in [1.165, 1.54) is 18.2 Å². The second kappa shape index (κ2) is 5.45. The zero-order valence-corrected chi connectivity index (χ0v) is 12.5. The maximum absolute atomic E-state index is 12.4. The Bertz CT molecular complexity index is 699. The second-order valence-electron chi connectivity index (χ2n) is 4.78. The molecule has 0 spiro atoms. The number of benzene rings is 1. The monoisotopic (exact) mass is 312 g/mol. The number of nitrogens with zero attached hydrogens (tertiary/aromatic N) is 1. The molecule has 0 aliphatic carbocycles. The zero-order valence-electron chi connectivity index (χ0n) is 11.7. The summed E-state index contributed by atoms with van der Waals surface area (Å²) in [6.45, 7) is 2.72. The third-order valence-electron chi connectivity index (χ3n) is 3.44. The van der Waals surface area contributed by atoms with Crippen molar-refractivity contribution in [1.29, 1.82) is 0 Å². The fraction of sp³-hybridized carbons (Fsp3) is 0.385. The van der Waals surface area contributed by atoms with Gasteiger partial charge in [0.15, 0.2) is 0 Å². The van der Waals surface area contributed by atoms with E-state index in [0.29, 0.717) is 11.3 Å². The van der Waals surface area contributed by atoms with Gasteiger partial charge in [0.2, 0.25) is 15.9 Å². The van der Waals surface area contributed by atoms with Crippen molar-refractivity contribution < 1.29 is 23.1 Å². The van der Waals surface area contributed by atoms with Crippen molar-refractivity contribution in [1.82, 2.24) is 4.31 Å². The molecular formula is C13H16N2O5S. The Morgan fingerprint density at radius 2 is 2.10 bits per heavy atom. The minimum absolute atomic E-state index is 0.00676. The first-order chi connectivity index (χ1) is 9.77. The number of carbonyl (C=O) groups is 2. The van der Waals surface area contributed by atoms with Gasteiger partial charge in [0, 0.05) is 12.2 Å². The van der Waals surface area contributed by atoms with Crippen LogP contribution >= 0.6 is 0 Å². The molecule has 114 valence electrons. The van der Waals surface area contributed by atoms with E-state index in [1.54, 1.807) is 13.8 Å². The van der Waals surface area contributed by atoms with Crippen LogP contribution in [0.3, 0.4) is 0 Å². The third-order valence-corrected chi connectivity index (χ3v) is 5.36. The third kappa shape index (κ3) is 2.77. The molecule has 2 N–H and O–H groups in total. The maximum Gasteiger partial charge on any atom is 0.318 e. The summed E-state index contributed by atoms with van der Waals surface area (Å²) >= 11 is 0. The zero-order chi connectivity index (χ0) is 15.8. The molecule has 1 atom stereocenters. The predicted octanol–water partition coefficient (Wildman–Crippen LogP) is 0.837. The van der Waals surface area contributed by atoms with Gasteiger partial charge in [-0.2, -0.15) is 4.31 Å². The van der Waals surface area contributed by atoms with Gasteiger partial charge in [-0.1, -0.05) is 6.92 Å². The minimum atomic E-state index is -3.90. The molecule has 0 saturated carbocycles. The standard InChI is InChI=1S/C13H16N2O5S/c1-3-15(7-12(16)17)21(19,20)9-4-5-11-10(6-9)8(2)13(18)14-11/h4-6,8H,3,7H2,1-2H3,(H,14,18)(H,16,17). The first-order valence-electron chi connectivity index (χ1n) is 6.44. The lowest BCUT2D eigenvalue weighted by Crippen LogP contribution is -2.35. The Morgan fingerprint density at radius 3 is 2.67 bits per heavy atom. The lowest BCUT2D eigenvalue weighted by molar-refractivity contribution is -0.137. The van der Waals surface area contributed by atoms with Crippen molar-refractivity contribution in [3.05, 3.63) is 23.8 Å². The Kier molecular flexibility index (Phi) is 4.02. The molecule has 1 aromatic carbocycles. The van der Waals surface area contributed by atoms with Crippen molar-refractivity contribution in [2.24, 2.45) is 0 Å². The summed E-state index contributed by atoms with van der Waals surface area (Å²) < 4.78 is 25.8. The average Bonchev–Trinajstić information content (AvgIpc) is 2.70. The number of hydrogen-bond acceptors (Lipinski definition) is 4. The van der Waals surface area contributed by atoms with E-state index in [1.807, 2.05) is 0 Å². The number of fused-ring (bicyclic) bond motifs is 1. The number of likely N-dealkylation sites (N-methyl/N-ethyl adjacent to an activating group) is 1. The summed E-state index contributed by atoms with van der Waals surface area (Å²) in [4.78, 5) is 22.3. The number of carbonyl (C=O) groups excluding carboxylic acids is 1. The molecule has 0 radical (unpaired) electrons. The first-order valence-corrected chi connectivity index (χ1v) is 7.88. The summed E-state index contributed by atoms with van der Waals surface area (Å²) in [5, 5.41) is 11.5. The van der Waals surface area contributed by atoms with Crippen LogP contribution in [0.2, 0.25) is 0 Å². The van der Waals surface area contributed by atoms with Gasteiger partial charge in [0.05, 0.1) is 10.8 Å². The number of rotatable bonds is 5. The minimum Gasteiger partial charge on any atom is -0.480 e. The highest BCUT2D eigenvalue weighted by Gasteiger charge is 2.30. The molecular weight excluding hydrogens is 296 g/mol. The van der Waals surface area contributed by atoms with Gasteiger partial charge >= 0.3 is 5.97 Å². The highest BCUT2D eigenvalue weighted by Crippen LogP contribution is 2.34. The van der Waals surface area contributed by atoms with Gasteiger partial charge in [-0.3, -0.25) is 9.59 Å². The Balaban J connectivity index is 2.42. The number of sulfonamides is 1. The van der Waals surface area contributed by atoms with Gasteiger partial charge in [-0.25, -0.2) is 8.42 Å². The Labute approximate surface area is 122 Å².